The summed E-state index contributed by atoms with van der Waals surface area (Å²) in [5, 5.41) is 6.34. The lowest BCUT2D eigenvalue weighted by atomic mass is 10.2. The normalized spacial score (nSPS) is 17.3. The molecule has 2 aliphatic rings. The summed E-state index contributed by atoms with van der Waals surface area (Å²) < 4.78 is 1.86. The Balaban J connectivity index is 1.42. The van der Waals surface area contributed by atoms with E-state index in [2.05, 4.69) is 20.0 Å². The molecule has 1 saturated heterocycles. The van der Waals surface area contributed by atoms with Gasteiger partial charge in [-0.25, -0.2) is 4.98 Å². The minimum atomic E-state index is 0.139. The number of fused-ring (bicyclic) bond motifs is 2. The summed E-state index contributed by atoms with van der Waals surface area (Å²) >= 11 is 1.51. The van der Waals surface area contributed by atoms with Gasteiger partial charge in [0.2, 0.25) is 0 Å². The summed E-state index contributed by atoms with van der Waals surface area (Å²) in [4.78, 5) is 26.6. The Hall–Kier alpha value is -2.48. The highest BCUT2D eigenvalue weighted by molar-refractivity contribution is 7.12. The van der Waals surface area contributed by atoms with E-state index in [1.807, 2.05) is 26.9 Å². The molecule has 0 spiro atoms. The van der Waals surface area contributed by atoms with Gasteiger partial charge in [-0.2, -0.15) is 14.6 Å². The predicted molar refractivity (Wildman–Crippen MR) is 95.2 cm³/mol. The Morgan fingerprint density at radius 1 is 1.16 bits per heavy atom. The topological polar surface area (TPSA) is 66.6 Å². The van der Waals surface area contributed by atoms with Crippen LogP contribution in [0, 0.1) is 0 Å². The lowest BCUT2D eigenvalue weighted by Gasteiger charge is -2.36. The van der Waals surface area contributed by atoms with Crippen LogP contribution < -0.4 is 4.90 Å². The average Bonchev–Trinajstić information content (AvgIpc) is 3.39. The maximum absolute atomic E-state index is 12.5. The maximum atomic E-state index is 12.5. The van der Waals surface area contributed by atoms with Crippen molar-refractivity contribution in [3.05, 3.63) is 40.0 Å². The first-order valence-corrected chi connectivity index (χ1v) is 9.48. The van der Waals surface area contributed by atoms with Crippen molar-refractivity contribution in [2.24, 2.45) is 0 Å². The maximum Gasteiger partial charge on any atom is 0.264 e. The lowest BCUT2D eigenvalue weighted by Crippen LogP contribution is -2.49. The zero-order chi connectivity index (χ0) is 16.8. The van der Waals surface area contributed by atoms with Crippen molar-refractivity contribution in [3.8, 4) is 0 Å². The van der Waals surface area contributed by atoms with Crippen molar-refractivity contribution in [1.82, 2.24) is 24.5 Å². The number of rotatable bonds is 2. The van der Waals surface area contributed by atoms with Gasteiger partial charge in [-0.3, -0.25) is 4.79 Å². The van der Waals surface area contributed by atoms with E-state index >= 15 is 0 Å². The van der Waals surface area contributed by atoms with Gasteiger partial charge >= 0.3 is 0 Å². The molecule has 0 radical (unpaired) electrons. The third kappa shape index (κ3) is 2.39. The number of carbonyl (C=O) groups is 1. The quantitative estimate of drug-likeness (QED) is 0.700. The largest absolute Gasteiger partial charge is 0.353 e. The van der Waals surface area contributed by atoms with Gasteiger partial charge in [0.1, 0.15) is 12.1 Å². The zero-order valence-electron chi connectivity index (χ0n) is 13.8. The molecule has 0 unspecified atom stereocenters. The van der Waals surface area contributed by atoms with Crippen LogP contribution in [0.3, 0.4) is 0 Å². The second-order valence-corrected chi connectivity index (χ2v) is 7.39. The van der Waals surface area contributed by atoms with Gasteiger partial charge in [-0.1, -0.05) is 6.07 Å². The zero-order valence-corrected chi connectivity index (χ0v) is 14.6. The van der Waals surface area contributed by atoms with Gasteiger partial charge in [0.05, 0.1) is 10.6 Å². The van der Waals surface area contributed by atoms with Gasteiger partial charge in [0.25, 0.3) is 11.7 Å². The first-order chi connectivity index (χ1) is 12.3. The van der Waals surface area contributed by atoms with Crippen LogP contribution in [0.4, 0.5) is 5.82 Å². The van der Waals surface area contributed by atoms with E-state index in [4.69, 9.17) is 0 Å². The Kier molecular flexibility index (Phi) is 3.44. The number of aromatic nitrogens is 4. The molecule has 0 saturated carbocycles. The molecule has 1 aliphatic heterocycles. The molecule has 0 atom stereocenters. The Morgan fingerprint density at radius 2 is 2.04 bits per heavy atom. The third-order valence-electron chi connectivity index (χ3n) is 5.02. The number of amides is 1. The lowest BCUT2D eigenvalue weighted by molar-refractivity contribution is 0.0751. The second kappa shape index (κ2) is 5.80. The summed E-state index contributed by atoms with van der Waals surface area (Å²) in [6.07, 6.45) is 4.77. The first kappa shape index (κ1) is 14.8. The second-order valence-electron chi connectivity index (χ2n) is 6.44. The van der Waals surface area contributed by atoms with Crippen LogP contribution in [0.15, 0.2) is 23.8 Å². The van der Waals surface area contributed by atoms with Crippen molar-refractivity contribution in [2.75, 3.05) is 31.1 Å². The first-order valence-electron chi connectivity index (χ1n) is 8.60. The van der Waals surface area contributed by atoms with Gasteiger partial charge < -0.3 is 9.80 Å². The van der Waals surface area contributed by atoms with Crippen molar-refractivity contribution in [1.29, 1.82) is 0 Å². The number of piperazine rings is 1. The van der Waals surface area contributed by atoms with Crippen LogP contribution in [-0.2, 0) is 12.8 Å². The van der Waals surface area contributed by atoms with Crippen LogP contribution in [0.5, 0.6) is 0 Å². The molecule has 128 valence electrons. The standard InChI is InChI=1S/C17H18N6OS/c24-16(14-5-2-10-25-14)22-8-6-21(7-9-22)15-12-3-1-4-13(12)20-17-18-11-19-23(15)17/h2,5,10-11H,1,3-4,6-9H2. The molecule has 1 amide bonds. The Morgan fingerprint density at radius 3 is 2.84 bits per heavy atom. The minimum Gasteiger partial charge on any atom is -0.353 e. The molecule has 8 heteroatoms. The fourth-order valence-corrected chi connectivity index (χ4v) is 4.49. The van der Waals surface area contributed by atoms with E-state index in [0.717, 1.165) is 61.8 Å². The number of aryl methyl sites for hydroxylation is 1. The molecule has 0 bridgehead atoms. The highest BCUT2D eigenvalue weighted by atomic mass is 32.1. The van der Waals surface area contributed by atoms with E-state index in [9.17, 15) is 4.79 Å². The van der Waals surface area contributed by atoms with Crippen molar-refractivity contribution in [3.63, 3.8) is 0 Å². The summed E-state index contributed by atoms with van der Waals surface area (Å²) in [5.41, 5.74) is 2.46. The molecule has 0 aromatic carbocycles. The van der Waals surface area contributed by atoms with Gasteiger partial charge in [-0.15, -0.1) is 11.3 Å². The minimum absolute atomic E-state index is 0.139. The van der Waals surface area contributed by atoms with E-state index in [1.54, 1.807) is 6.33 Å². The smallest absolute Gasteiger partial charge is 0.264 e. The SMILES string of the molecule is O=C(c1cccs1)N1CCN(c2c3c(nc4ncnn24)CCC3)CC1. The molecule has 5 rings (SSSR count). The van der Waals surface area contributed by atoms with Gasteiger partial charge in [-0.05, 0) is 30.7 Å². The number of carbonyl (C=O) groups excluding carboxylic acids is 1. The molecule has 7 nitrogen and oxygen atoms in total. The number of nitrogens with zero attached hydrogens (tertiary/aromatic N) is 6. The monoisotopic (exact) mass is 354 g/mol. The molecular weight excluding hydrogens is 336 g/mol. The van der Waals surface area contributed by atoms with E-state index in [1.165, 1.54) is 16.9 Å². The Bertz CT molecular complexity index is 926. The van der Waals surface area contributed by atoms with Gasteiger partial charge in [0.15, 0.2) is 0 Å². The van der Waals surface area contributed by atoms with E-state index < -0.39 is 0 Å². The van der Waals surface area contributed by atoms with Crippen LogP contribution in [-0.4, -0.2) is 56.6 Å². The predicted octanol–water partition coefficient (Wildman–Crippen LogP) is 1.64. The van der Waals surface area contributed by atoms with Crippen LogP contribution in [0.1, 0.15) is 27.3 Å². The molecular formula is C17H18N6OS. The van der Waals surface area contributed by atoms with Crippen LogP contribution in [0.25, 0.3) is 5.78 Å². The highest BCUT2D eigenvalue weighted by Gasteiger charge is 2.28. The number of thiophene rings is 1. The number of anilines is 1. The van der Waals surface area contributed by atoms with E-state index in [0.29, 0.717) is 5.78 Å². The molecule has 0 N–H and O–H groups in total. The third-order valence-corrected chi connectivity index (χ3v) is 5.88. The molecule has 4 heterocycles. The van der Waals surface area contributed by atoms with Crippen LogP contribution >= 0.6 is 11.3 Å². The van der Waals surface area contributed by atoms with Crippen LogP contribution in [0.2, 0.25) is 0 Å². The fraction of sp³-hybridized carbons (Fsp3) is 0.412. The van der Waals surface area contributed by atoms with Crippen molar-refractivity contribution < 1.29 is 4.79 Å². The van der Waals surface area contributed by atoms with Crippen molar-refractivity contribution in [2.45, 2.75) is 19.3 Å². The summed E-state index contributed by atoms with van der Waals surface area (Å²) in [7, 11) is 0. The molecule has 1 aliphatic carbocycles. The number of hydrogen-bond acceptors (Lipinski definition) is 6. The molecule has 3 aromatic heterocycles. The summed E-state index contributed by atoms with van der Waals surface area (Å²) in [6, 6.07) is 3.82. The Labute approximate surface area is 148 Å². The fourth-order valence-electron chi connectivity index (χ4n) is 3.80. The molecule has 25 heavy (non-hydrogen) atoms. The molecule has 3 aromatic rings. The summed E-state index contributed by atoms with van der Waals surface area (Å²) in [6.45, 7) is 3.07. The van der Waals surface area contributed by atoms with E-state index in [-0.39, 0.29) is 5.91 Å². The van der Waals surface area contributed by atoms with Gasteiger partial charge in [0, 0.05) is 31.7 Å². The van der Waals surface area contributed by atoms with Crippen molar-refractivity contribution >= 4 is 28.8 Å². The highest BCUT2D eigenvalue weighted by Crippen LogP contribution is 2.31. The number of hydrogen-bond donors (Lipinski definition) is 0. The summed E-state index contributed by atoms with van der Waals surface area (Å²) in [5.74, 6) is 1.94. The molecule has 1 fully saturated rings. The average molecular weight is 354 g/mol.